The molecule has 0 bridgehead atoms. The van der Waals surface area contributed by atoms with Crippen LogP contribution >= 0.6 is 11.3 Å². The SMILES string of the molecule is CC(C)N(Cc1cccs1)c1ccc(N)c2cccnc12. The first kappa shape index (κ1) is 13.9. The fourth-order valence-electron chi connectivity index (χ4n) is 2.53. The van der Waals surface area contributed by atoms with Crippen LogP contribution in [0.3, 0.4) is 0 Å². The van der Waals surface area contributed by atoms with Crippen LogP contribution in [0.2, 0.25) is 0 Å². The lowest BCUT2D eigenvalue weighted by atomic mass is 10.1. The van der Waals surface area contributed by atoms with Gasteiger partial charge in [0.25, 0.3) is 0 Å². The van der Waals surface area contributed by atoms with Crippen LogP contribution in [-0.2, 0) is 6.54 Å². The Balaban J connectivity index is 2.09. The average molecular weight is 297 g/mol. The van der Waals surface area contributed by atoms with Crippen molar-refractivity contribution >= 4 is 33.6 Å². The number of hydrogen-bond donors (Lipinski definition) is 1. The molecule has 0 amide bonds. The first-order chi connectivity index (χ1) is 10.2. The number of nitrogens with two attached hydrogens (primary N) is 1. The van der Waals surface area contributed by atoms with Crippen molar-refractivity contribution in [2.45, 2.75) is 26.4 Å². The third-order valence-corrected chi connectivity index (χ3v) is 4.48. The lowest BCUT2D eigenvalue weighted by Gasteiger charge is -2.29. The molecule has 1 aromatic carbocycles. The molecule has 0 fully saturated rings. The normalized spacial score (nSPS) is 11.2. The molecular weight excluding hydrogens is 278 g/mol. The fraction of sp³-hybridized carbons (Fsp3) is 0.235. The van der Waals surface area contributed by atoms with Gasteiger partial charge in [-0.15, -0.1) is 11.3 Å². The Labute approximate surface area is 129 Å². The van der Waals surface area contributed by atoms with Gasteiger partial charge in [-0.3, -0.25) is 4.98 Å². The summed E-state index contributed by atoms with van der Waals surface area (Å²) < 4.78 is 0. The van der Waals surface area contributed by atoms with E-state index < -0.39 is 0 Å². The van der Waals surface area contributed by atoms with Crippen LogP contribution in [-0.4, -0.2) is 11.0 Å². The quantitative estimate of drug-likeness (QED) is 0.730. The van der Waals surface area contributed by atoms with Crippen LogP contribution in [0.4, 0.5) is 11.4 Å². The average Bonchev–Trinajstić information content (AvgIpc) is 2.99. The van der Waals surface area contributed by atoms with Crippen molar-refractivity contribution < 1.29 is 0 Å². The number of hydrogen-bond acceptors (Lipinski definition) is 4. The van der Waals surface area contributed by atoms with Gasteiger partial charge in [-0.2, -0.15) is 0 Å². The second kappa shape index (κ2) is 5.74. The molecule has 0 saturated carbocycles. The maximum atomic E-state index is 6.08. The lowest BCUT2D eigenvalue weighted by molar-refractivity contribution is 0.689. The number of nitrogen functional groups attached to an aromatic ring is 1. The first-order valence-electron chi connectivity index (χ1n) is 7.09. The summed E-state index contributed by atoms with van der Waals surface area (Å²) in [4.78, 5) is 8.28. The standard InChI is InChI=1S/C17H19N3S/c1-12(2)20(11-13-5-4-10-21-13)16-8-7-15(18)14-6-3-9-19-17(14)16/h3-10,12H,11,18H2,1-2H3. The molecule has 0 spiro atoms. The van der Waals surface area contributed by atoms with Crippen LogP contribution in [0.5, 0.6) is 0 Å². The number of benzene rings is 1. The highest BCUT2D eigenvalue weighted by atomic mass is 32.1. The van der Waals surface area contributed by atoms with Crippen LogP contribution in [0.1, 0.15) is 18.7 Å². The Morgan fingerprint density at radius 3 is 2.76 bits per heavy atom. The summed E-state index contributed by atoms with van der Waals surface area (Å²) in [6.07, 6.45) is 1.83. The summed E-state index contributed by atoms with van der Waals surface area (Å²) >= 11 is 1.79. The summed E-state index contributed by atoms with van der Waals surface area (Å²) in [5, 5.41) is 3.14. The van der Waals surface area contributed by atoms with Gasteiger partial charge in [0.15, 0.2) is 0 Å². The summed E-state index contributed by atoms with van der Waals surface area (Å²) in [7, 11) is 0. The van der Waals surface area contributed by atoms with Crippen molar-refractivity contribution in [1.29, 1.82) is 0 Å². The summed E-state index contributed by atoms with van der Waals surface area (Å²) in [6.45, 7) is 5.31. The van der Waals surface area contributed by atoms with Gasteiger partial charge >= 0.3 is 0 Å². The molecule has 0 aliphatic carbocycles. The topological polar surface area (TPSA) is 42.1 Å². The molecule has 2 heterocycles. The summed E-state index contributed by atoms with van der Waals surface area (Å²) in [5.74, 6) is 0. The van der Waals surface area contributed by atoms with E-state index in [2.05, 4.69) is 47.3 Å². The second-order valence-electron chi connectivity index (χ2n) is 5.37. The lowest BCUT2D eigenvalue weighted by Crippen LogP contribution is -2.30. The molecule has 2 aromatic heterocycles. The van der Waals surface area contributed by atoms with Crippen molar-refractivity contribution in [3.63, 3.8) is 0 Å². The van der Waals surface area contributed by atoms with E-state index in [0.29, 0.717) is 6.04 Å². The predicted molar refractivity (Wildman–Crippen MR) is 91.8 cm³/mol. The van der Waals surface area contributed by atoms with Gasteiger partial charge in [-0.1, -0.05) is 6.07 Å². The van der Waals surface area contributed by atoms with Crippen molar-refractivity contribution in [2.24, 2.45) is 0 Å². The van der Waals surface area contributed by atoms with Crippen LogP contribution in [0.25, 0.3) is 10.9 Å². The third-order valence-electron chi connectivity index (χ3n) is 3.62. The molecule has 108 valence electrons. The molecule has 0 radical (unpaired) electrons. The summed E-state index contributed by atoms with van der Waals surface area (Å²) in [6, 6.07) is 12.7. The molecule has 21 heavy (non-hydrogen) atoms. The van der Waals surface area contributed by atoms with Gasteiger partial charge < -0.3 is 10.6 Å². The van der Waals surface area contributed by atoms with E-state index in [4.69, 9.17) is 5.73 Å². The molecule has 0 aliphatic heterocycles. The molecule has 3 nitrogen and oxygen atoms in total. The Morgan fingerprint density at radius 2 is 2.05 bits per heavy atom. The molecule has 0 atom stereocenters. The van der Waals surface area contributed by atoms with E-state index >= 15 is 0 Å². The number of thiophene rings is 1. The van der Waals surface area contributed by atoms with Gasteiger partial charge in [0.1, 0.15) is 0 Å². The Kier molecular flexibility index (Phi) is 3.80. The highest BCUT2D eigenvalue weighted by Gasteiger charge is 2.16. The number of anilines is 2. The smallest absolute Gasteiger partial charge is 0.0956 e. The minimum Gasteiger partial charge on any atom is -0.398 e. The number of aromatic nitrogens is 1. The highest BCUT2D eigenvalue weighted by molar-refractivity contribution is 7.09. The molecule has 3 aromatic rings. The minimum atomic E-state index is 0.390. The zero-order valence-corrected chi connectivity index (χ0v) is 13.1. The molecule has 0 saturated heterocycles. The van der Waals surface area contributed by atoms with E-state index in [0.717, 1.165) is 28.8 Å². The van der Waals surface area contributed by atoms with E-state index in [1.807, 2.05) is 24.4 Å². The van der Waals surface area contributed by atoms with Crippen molar-refractivity contribution in [2.75, 3.05) is 10.6 Å². The number of rotatable bonds is 4. The number of fused-ring (bicyclic) bond motifs is 1. The zero-order chi connectivity index (χ0) is 14.8. The third kappa shape index (κ3) is 2.72. The molecule has 0 aliphatic rings. The van der Waals surface area contributed by atoms with Crippen molar-refractivity contribution in [3.05, 3.63) is 52.9 Å². The maximum Gasteiger partial charge on any atom is 0.0956 e. The van der Waals surface area contributed by atoms with E-state index in [1.54, 1.807) is 11.3 Å². The van der Waals surface area contributed by atoms with Crippen LogP contribution in [0, 0.1) is 0 Å². The minimum absolute atomic E-state index is 0.390. The molecule has 3 rings (SSSR count). The van der Waals surface area contributed by atoms with Crippen LogP contribution in [0.15, 0.2) is 48.0 Å². The van der Waals surface area contributed by atoms with Gasteiger partial charge in [-0.05, 0) is 49.6 Å². The number of pyridine rings is 1. The zero-order valence-electron chi connectivity index (χ0n) is 12.3. The van der Waals surface area contributed by atoms with Gasteiger partial charge in [-0.25, -0.2) is 0 Å². The van der Waals surface area contributed by atoms with Crippen LogP contribution < -0.4 is 10.6 Å². The van der Waals surface area contributed by atoms with Crippen molar-refractivity contribution in [1.82, 2.24) is 4.98 Å². The first-order valence-corrected chi connectivity index (χ1v) is 7.97. The largest absolute Gasteiger partial charge is 0.398 e. The van der Waals surface area contributed by atoms with E-state index in [-0.39, 0.29) is 0 Å². The van der Waals surface area contributed by atoms with Gasteiger partial charge in [0.05, 0.1) is 17.7 Å². The fourth-order valence-corrected chi connectivity index (χ4v) is 3.23. The Hall–Kier alpha value is -2.07. The van der Waals surface area contributed by atoms with Gasteiger partial charge in [0, 0.05) is 28.2 Å². The maximum absolute atomic E-state index is 6.08. The number of nitrogens with zero attached hydrogens (tertiary/aromatic N) is 2. The van der Waals surface area contributed by atoms with E-state index in [1.165, 1.54) is 4.88 Å². The van der Waals surface area contributed by atoms with E-state index in [9.17, 15) is 0 Å². The summed E-state index contributed by atoms with van der Waals surface area (Å²) in [5.41, 5.74) is 8.98. The monoisotopic (exact) mass is 297 g/mol. The Morgan fingerprint density at radius 1 is 1.19 bits per heavy atom. The highest BCUT2D eigenvalue weighted by Crippen LogP contribution is 2.31. The predicted octanol–water partition coefficient (Wildman–Crippen LogP) is 4.29. The Bertz CT molecular complexity index is 735. The van der Waals surface area contributed by atoms with Gasteiger partial charge in [0.2, 0.25) is 0 Å². The molecule has 4 heteroatoms. The molecule has 0 unspecified atom stereocenters. The molecule has 2 N–H and O–H groups in total. The van der Waals surface area contributed by atoms with Crippen molar-refractivity contribution in [3.8, 4) is 0 Å². The second-order valence-corrected chi connectivity index (χ2v) is 6.41. The molecular formula is C17H19N3S.